The molecule has 9 heteroatoms. The summed E-state index contributed by atoms with van der Waals surface area (Å²) >= 11 is 7.27. The van der Waals surface area contributed by atoms with E-state index in [9.17, 15) is 13.2 Å². The molecule has 0 saturated carbocycles. The van der Waals surface area contributed by atoms with E-state index in [1.54, 1.807) is 6.33 Å². The minimum atomic E-state index is -4.49. The van der Waals surface area contributed by atoms with E-state index < -0.39 is 11.7 Å². The highest BCUT2D eigenvalue weighted by molar-refractivity contribution is 7.97. The highest BCUT2D eigenvalue weighted by Crippen LogP contribution is 2.38. The second kappa shape index (κ2) is 7.84. The van der Waals surface area contributed by atoms with Gasteiger partial charge >= 0.3 is 6.18 Å². The summed E-state index contributed by atoms with van der Waals surface area (Å²) in [4.78, 5) is 5.35. The third-order valence-electron chi connectivity index (χ3n) is 3.75. The van der Waals surface area contributed by atoms with Crippen LogP contribution in [0.2, 0.25) is 5.02 Å². The van der Waals surface area contributed by atoms with Crippen LogP contribution < -0.4 is 10.0 Å². The van der Waals surface area contributed by atoms with Crippen molar-refractivity contribution in [2.45, 2.75) is 11.1 Å². The molecule has 2 N–H and O–H groups in total. The zero-order chi connectivity index (χ0) is 19.6. The summed E-state index contributed by atoms with van der Waals surface area (Å²) in [5, 5.41) is 2.79. The molecule has 1 heterocycles. The Hall–Kier alpha value is -2.16. The van der Waals surface area contributed by atoms with Gasteiger partial charge in [0.2, 0.25) is 0 Å². The summed E-state index contributed by atoms with van der Waals surface area (Å²) in [5.74, 6) is 0. The Morgan fingerprint density at radius 3 is 2.52 bits per heavy atom. The molecular formula is C18H16ClF3N4S. The summed E-state index contributed by atoms with van der Waals surface area (Å²) in [6.07, 6.45) is -0.930. The summed E-state index contributed by atoms with van der Waals surface area (Å²) in [7, 11) is 3.69. The number of aromatic nitrogens is 2. The lowest BCUT2D eigenvalue weighted by atomic mass is 10.1. The van der Waals surface area contributed by atoms with Crippen molar-refractivity contribution in [1.29, 1.82) is 0 Å². The van der Waals surface area contributed by atoms with Gasteiger partial charge in [0.25, 0.3) is 0 Å². The van der Waals surface area contributed by atoms with Crippen LogP contribution in [0.3, 0.4) is 0 Å². The Morgan fingerprint density at radius 2 is 1.93 bits per heavy atom. The van der Waals surface area contributed by atoms with Crippen LogP contribution in [0, 0.1) is 0 Å². The molecule has 0 fully saturated rings. The fourth-order valence-electron chi connectivity index (χ4n) is 2.56. The molecule has 2 aromatic carbocycles. The van der Waals surface area contributed by atoms with Crippen molar-refractivity contribution in [1.82, 2.24) is 14.3 Å². The second-order valence-corrected chi connectivity index (χ2v) is 7.25. The van der Waals surface area contributed by atoms with Crippen LogP contribution in [0.5, 0.6) is 0 Å². The molecule has 3 rings (SSSR count). The Bertz CT molecular complexity index is 956. The van der Waals surface area contributed by atoms with Gasteiger partial charge in [-0.25, -0.2) is 4.98 Å². The molecule has 0 saturated heterocycles. The van der Waals surface area contributed by atoms with Crippen LogP contribution in [0.4, 0.5) is 24.5 Å². The molecule has 0 aliphatic carbocycles. The number of aryl methyl sites for hydroxylation is 1. The van der Waals surface area contributed by atoms with Gasteiger partial charge < -0.3 is 9.88 Å². The Morgan fingerprint density at radius 1 is 1.15 bits per heavy atom. The molecule has 0 aliphatic rings. The van der Waals surface area contributed by atoms with E-state index in [4.69, 9.17) is 11.6 Å². The first-order valence-corrected chi connectivity index (χ1v) is 9.07. The zero-order valence-electron chi connectivity index (χ0n) is 14.4. The third-order valence-corrected chi connectivity index (χ3v) is 4.75. The molecule has 1 aromatic heterocycles. The summed E-state index contributed by atoms with van der Waals surface area (Å²) in [5.41, 5.74) is 1.88. The van der Waals surface area contributed by atoms with E-state index >= 15 is 0 Å². The largest absolute Gasteiger partial charge is 0.417 e. The first-order valence-electron chi connectivity index (χ1n) is 7.87. The summed E-state index contributed by atoms with van der Waals surface area (Å²) in [6.45, 7) is 0. The van der Waals surface area contributed by atoms with Gasteiger partial charge in [0.15, 0.2) is 0 Å². The number of alkyl halides is 3. The molecule has 0 atom stereocenters. The maximum Gasteiger partial charge on any atom is 0.417 e. The van der Waals surface area contributed by atoms with Crippen molar-refractivity contribution in [3.63, 3.8) is 0 Å². The Balaban J connectivity index is 1.98. The molecule has 0 spiro atoms. The zero-order valence-corrected chi connectivity index (χ0v) is 16.0. The molecular weight excluding hydrogens is 397 g/mol. The van der Waals surface area contributed by atoms with Gasteiger partial charge in [-0.2, -0.15) is 13.2 Å². The van der Waals surface area contributed by atoms with E-state index in [1.165, 1.54) is 24.1 Å². The number of nitrogens with one attached hydrogen (secondary N) is 2. The minimum Gasteiger partial charge on any atom is -0.355 e. The van der Waals surface area contributed by atoms with Gasteiger partial charge in [0.05, 0.1) is 22.6 Å². The van der Waals surface area contributed by atoms with E-state index in [0.29, 0.717) is 11.4 Å². The molecule has 0 aliphatic heterocycles. The third kappa shape index (κ3) is 4.58. The van der Waals surface area contributed by atoms with Gasteiger partial charge in [-0.3, -0.25) is 4.72 Å². The van der Waals surface area contributed by atoms with Crippen molar-refractivity contribution in [2.24, 2.45) is 7.05 Å². The number of benzene rings is 2. The molecule has 3 aromatic rings. The van der Waals surface area contributed by atoms with Crippen molar-refractivity contribution in [3.05, 3.63) is 59.5 Å². The predicted molar refractivity (Wildman–Crippen MR) is 103 cm³/mol. The molecule has 27 heavy (non-hydrogen) atoms. The number of hydrogen-bond donors (Lipinski definition) is 2. The van der Waals surface area contributed by atoms with Crippen LogP contribution in [-0.4, -0.2) is 16.6 Å². The molecule has 142 valence electrons. The summed E-state index contributed by atoms with van der Waals surface area (Å²) < 4.78 is 43.5. The molecule has 0 radical (unpaired) electrons. The van der Waals surface area contributed by atoms with Crippen LogP contribution in [0.25, 0.3) is 11.3 Å². The Labute approximate surface area is 163 Å². The van der Waals surface area contributed by atoms with Crippen LogP contribution in [0.1, 0.15) is 5.56 Å². The van der Waals surface area contributed by atoms with Gasteiger partial charge in [-0.15, -0.1) is 0 Å². The molecule has 0 unspecified atom stereocenters. The molecule has 0 bridgehead atoms. The van der Waals surface area contributed by atoms with Crippen LogP contribution in [-0.2, 0) is 13.2 Å². The van der Waals surface area contributed by atoms with Crippen molar-refractivity contribution < 1.29 is 13.2 Å². The van der Waals surface area contributed by atoms with E-state index in [-0.39, 0.29) is 5.02 Å². The highest BCUT2D eigenvalue weighted by atomic mass is 35.5. The maximum atomic E-state index is 12.9. The van der Waals surface area contributed by atoms with Gasteiger partial charge in [-0.05, 0) is 55.4 Å². The SMILES string of the molecule is CNSc1ccc(Nc2ccc(C(F)(F)F)c(Cl)c2)c(-c2cn(C)cn2)c1. The maximum absolute atomic E-state index is 12.9. The van der Waals surface area contributed by atoms with Crippen molar-refractivity contribution in [2.75, 3.05) is 12.4 Å². The lowest BCUT2D eigenvalue weighted by Gasteiger charge is -2.14. The van der Waals surface area contributed by atoms with E-state index in [1.807, 2.05) is 43.1 Å². The van der Waals surface area contributed by atoms with Gasteiger partial charge in [0, 0.05) is 35.1 Å². The molecule has 4 nitrogen and oxygen atoms in total. The predicted octanol–water partition coefficient (Wildman–Crippen LogP) is 5.73. The number of hydrogen-bond acceptors (Lipinski definition) is 4. The fraction of sp³-hybridized carbons (Fsp3) is 0.167. The summed E-state index contributed by atoms with van der Waals surface area (Å²) in [6, 6.07) is 9.31. The first-order chi connectivity index (χ1) is 12.8. The normalized spacial score (nSPS) is 11.6. The Kier molecular flexibility index (Phi) is 5.69. The topological polar surface area (TPSA) is 41.9 Å². The van der Waals surface area contributed by atoms with E-state index in [0.717, 1.165) is 22.2 Å². The smallest absolute Gasteiger partial charge is 0.355 e. The lowest BCUT2D eigenvalue weighted by molar-refractivity contribution is -0.137. The quantitative estimate of drug-likeness (QED) is 0.525. The van der Waals surface area contributed by atoms with Crippen LogP contribution >= 0.6 is 23.5 Å². The van der Waals surface area contributed by atoms with Crippen LogP contribution in [0.15, 0.2) is 53.8 Å². The standard InChI is InChI=1S/C18H16ClF3N4S/c1-23-27-12-4-6-16(13(8-12)17-9-26(2)10-24-17)25-11-3-5-14(15(19)7-11)18(20,21)22/h3-10,23,25H,1-2H3. The monoisotopic (exact) mass is 412 g/mol. The number of halogens is 4. The first kappa shape index (κ1) is 19.6. The minimum absolute atomic E-state index is 0.353. The number of imidazole rings is 1. The fourth-order valence-corrected chi connectivity index (χ4v) is 3.39. The molecule has 0 amide bonds. The highest BCUT2D eigenvalue weighted by Gasteiger charge is 2.33. The lowest BCUT2D eigenvalue weighted by Crippen LogP contribution is -2.06. The second-order valence-electron chi connectivity index (χ2n) is 5.76. The average molecular weight is 413 g/mol. The average Bonchev–Trinajstić information content (AvgIpc) is 3.01. The van der Waals surface area contributed by atoms with Crippen molar-refractivity contribution >= 4 is 34.9 Å². The number of rotatable bonds is 5. The van der Waals surface area contributed by atoms with Gasteiger partial charge in [0.1, 0.15) is 0 Å². The van der Waals surface area contributed by atoms with E-state index in [2.05, 4.69) is 15.0 Å². The number of nitrogens with zero attached hydrogens (tertiary/aromatic N) is 2. The van der Waals surface area contributed by atoms with Crippen molar-refractivity contribution in [3.8, 4) is 11.3 Å². The number of anilines is 2. The van der Waals surface area contributed by atoms with Gasteiger partial charge in [-0.1, -0.05) is 11.6 Å².